The zero-order valence-electron chi connectivity index (χ0n) is 4.68. The Hall–Kier alpha value is 0.220. The van der Waals surface area contributed by atoms with E-state index in [9.17, 15) is 0 Å². The van der Waals surface area contributed by atoms with Gasteiger partial charge in [-0.3, -0.25) is 0 Å². The first kappa shape index (κ1) is 5.04. The Bertz CT molecular complexity index is 128. The van der Waals surface area contributed by atoms with Crippen molar-refractivity contribution in [2.24, 2.45) is 11.8 Å². The first-order valence-corrected chi connectivity index (χ1v) is 4.10. The van der Waals surface area contributed by atoms with Crippen LogP contribution in [0.1, 0.15) is 12.8 Å². The molecule has 0 aromatic heterocycles. The summed E-state index contributed by atoms with van der Waals surface area (Å²) in [5.74, 6) is 1.95. The molecule has 0 heterocycles. The van der Waals surface area contributed by atoms with Gasteiger partial charge in [-0.15, -0.1) is 0 Å². The summed E-state index contributed by atoms with van der Waals surface area (Å²) < 4.78 is 0. The van der Waals surface area contributed by atoms with E-state index in [2.05, 4.69) is 28.1 Å². The van der Waals surface area contributed by atoms with Crippen molar-refractivity contribution in [1.82, 2.24) is 0 Å². The Balaban J connectivity index is 2.13. The van der Waals surface area contributed by atoms with E-state index >= 15 is 0 Å². The van der Waals surface area contributed by atoms with Crippen molar-refractivity contribution < 1.29 is 0 Å². The maximum Gasteiger partial charge on any atom is 0.0214 e. The average Bonchev–Trinajstić information content (AvgIpc) is 2.45. The molecule has 1 fully saturated rings. The second-order valence-electron chi connectivity index (χ2n) is 2.74. The summed E-state index contributed by atoms with van der Waals surface area (Å²) in [6, 6.07) is 0. The van der Waals surface area contributed by atoms with Crippen LogP contribution < -0.4 is 0 Å². The van der Waals surface area contributed by atoms with Gasteiger partial charge >= 0.3 is 0 Å². The normalized spacial score (nSPS) is 50.9. The van der Waals surface area contributed by atoms with E-state index in [0.717, 1.165) is 16.7 Å². The highest BCUT2D eigenvalue weighted by atomic mass is 79.9. The van der Waals surface area contributed by atoms with E-state index in [1.54, 1.807) is 0 Å². The Morgan fingerprint density at radius 3 is 3.00 bits per heavy atom. The van der Waals surface area contributed by atoms with Crippen molar-refractivity contribution in [3.05, 3.63) is 12.2 Å². The number of hydrogen-bond donors (Lipinski definition) is 0. The maximum absolute atomic E-state index is 3.64. The second kappa shape index (κ2) is 1.60. The predicted molar refractivity (Wildman–Crippen MR) is 38.1 cm³/mol. The lowest BCUT2D eigenvalue weighted by Crippen LogP contribution is -2.03. The molecule has 0 radical (unpaired) electrons. The van der Waals surface area contributed by atoms with Crippen molar-refractivity contribution in [1.29, 1.82) is 0 Å². The van der Waals surface area contributed by atoms with Crippen LogP contribution in [0.4, 0.5) is 0 Å². The number of halogens is 1. The lowest BCUT2D eigenvalue weighted by atomic mass is 10.1. The topological polar surface area (TPSA) is 0 Å². The molecule has 3 atom stereocenters. The molecular weight excluding hydrogens is 164 g/mol. The van der Waals surface area contributed by atoms with Gasteiger partial charge in [0.25, 0.3) is 0 Å². The van der Waals surface area contributed by atoms with Gasteiger partial charge in [-0.25, -0.2) is 0 Å². The number of alkyl halides is 1. The molecule has 0 spiro atoms. The number of allylic oxidation sites excluding steroid dienone is 2. The monoisotopic (exact) mass is 172 g/mol. The molecule has 0 aromatic rings. The smallest absolute Gasteiger partial charge is 0.0214 e. The van der Waals surface area contributed by atoms with Crippen LogP contribution in [0.15, 0.2) is 12.2 Å². The summed E-state index contributed by atoms with van der Waals surface area (Å²) in [4.78, 5) is 0.803. The van der Waals surface area contributed by atoms with E-state index < -0.39 is 0 Å². The highest BCUT2D eigenvalue weighted by molar-refractivity contribution is 9.09. The molecule has 8 heavy (non-hydrogen) atoms. The molecule has 44 valence electrons. The summed E-state index contributed by atoms with van der Waals surface area (Å²) in [7, 11) is 0. The Morgan fingerprint density at radius 1 is 1.50 bits per heavy atom. The standard InChI is InChI=1S/C7H9Br/c8-7-3-1-2-5-4-6(5)7/h1-2,5-7H,3-4H2. The van der Waals surface area contributed by atoms with E-state index in [1.165, 1.54) is 12.8 Å². The molecule has 1 saturated carbocycles. The Morgan fingerprint density at radius 2 is 2.38 bits per heavy atom. The van der Waals surface area contributed by atoms with Crippen LogP contribution in [0.25, 0.3) is 0 Å². The largest absolute Gasteiger partial charge is 0.0884 e. The summed E-state index contributed by atoms with van der Waals surface area (Å²) in [5.41, 5.74) is 0. The first-order valence-electron chi connectivity index (χ1n) is 3.18. The highest BCUT2D eigenvalue weighted by Gasteiger charge is 2.41. The van der Waals surface area contributed by atoms with Crippen LogP contribution >= 0.6 is 15.9 Å². The summed E-state index contributed by atoms with van der Waals surface area (Å²) in [5, 5.41) is 0. The fourth-order valence-corrected chi connectivity index (χ4v) is 2.25. The minimum Gasteiger partial charge on any atom is -0.0884 e. The van der Waals surface area contributed by atoms with Gasteiger partial charge in [-0.2, -0.15) is 0 Å². The summed E-state index contributed by atoms with van der Waals surface area (Å²) in [6.07, 6.45) is 7.35. The molecule has 0 aromatic carbocycles. The second-order valence-corrected chi connectivity index (χ2v) is 3.92. The molecule has 0 amide bonds. The van der Waals surface area contributed by atoms with Gasteiger partial charge in [-0.05, 0) is 24.7 Å². The van der Waals surface area contributed by atoms with Crippen LogP contribution in [-0.4, -0.2) is 4.83 Å². The van der Waals surface area contributed by atoms with Gasteiger partial charge in [-0.1, -0.05) is 28.1 Å². The van der Waals surface area contributed by atoms with Gasteiger partial charge in [0.05, 0.1) is 0 Å². The lowest BCUT2D eigenvalue weighted by molar-refractivity contribution is 0.712. The summed E-state index contributed by atoms with van der Waals surface area (Å²) >= 11 is 3.64. The van der Waals surface area contributed by atoms with Crippen molar-refractivity contribution in [3.63, 3.8) is 0 Å². The van der Waals surface area contributed by atoms with Crippen molar-refractivity contribution in [2.45, 2.75) is 17.7 Å². The maximum atomic E-state index is 3.64. The van der Waals surface area contributed by atoms with Crippen LogP contribution in [0, 0.1) is 11.8 Å². The minimum absolute atomic E-state index is 0.803. The van der Waals surface area contributed by atoms with Gasteiger partial charge in [0.1, 0.15) is 0 Å². The minimum atomic E-state index is 0.803. The molecule has 2 aliphatic rings. The van der Waals surface area contributed by atoms with E-state index in [1.807, 2.05) is 0 Å². The van der Waals surface area contributed by atoms with Gasteiger partial charge in [0, 0.05) is 4.83 Å². The molecule has 2 aliphatic carbocycles. The van der Waals surface area contributed by atoms with Crippen LogP contribution in [-0.2, 0) is 0 Å². The van der Waals surface area contributed by atoms with Crippen LogP contribution in [0.2, 0.25) is 0 Å². The summed E-state index contributed by atoms with van der Waals surface area (Å²) in [6.45, 7) is 0. The Labute approximate surface area is 58.1 Å². The first-order chi connectivity index (χ1) is 3.88. The SMILES string of the molecule is BrC1CC=CC2CC12. The van der Waals surface area contributed by atoms with E-state index in [4.69, 9.17) is 0 Å². The van der Waals surface area contributed by atoms with E-state index in [-0.39, 0.29) is 0 Å². The van der Waals surface area contributed by atoms with E-state index in [0.29, 0.717) is 0 Å². The Kier molecular flexibility index (Phi) is 1.01. The van der Waals surface area contributed by atoms with Crippen molar-refractivity contribution >= 4 is 15.9 Å². The third-order valence-electron chi connectivity index (χ3n) is 2.10. The quantitative estimate of drug-likeness (QED) is 0.389. The van der Waals surface area contributed by atoms with Crippen LogP contribution in [0.5, 0.6) is 0 Å². The molecular formula is C7H9Br. The molecule has 0 nitrogen and oxygen atoms in total. The molecule has 2 rings (SSSR count). The molecule has 0 aliphatic heterocycles. The average molecular weight is 173 g/mol. The predicted octanol–water partition coefficient (Wildman–Crippen LogP) is 2.35. The molecule has 0 saturated heterocycles. The van der Waals surface area contributed by atoms with Gasteiger partial charge < -0.3 is 0 Å². The molecule has 1 heteroatoms. The van der Waals surface area contributed by atoms with Crippen molar-refractivity contribution in [2.75, 3.05) is 0 Å². The van der Waals surface area contributed by atoms with Crippen LogP contribution in [0.3, 0.4) is 0 Å². The van der Waals surface area contributed by atoms with Gasteiger partial charge in [0.15, 0.2) is 0 Å². The third kappa shape index (κ3) is 0.644. The third-order valence-corrected chi connectivity index (χ3v) is 3.15. The molecule has 0 N–H and O–H groups in total. The zero-order chi connectivity index (χ0) is 5.56. The highest BCUT2D eigenvalue weighted by Crippen LogP contribution is 2.48. The molecule has 3 unspecified atom stereocenters. The van der Waals surface area contributed by atoms with Gasteiger partial charge in [0.2, 0.25) is 0 Å². The number of rotatable bonds is 0. The fraction of sp³-hybridized carbons (Fsp3) is 0.714. The molecule has 0 bridgehead atoms. The lowest BCUT2D eigenvalue weighted by Gasteiger charge is -2.07. The zero-order valence-corrected chi connectivity index (χ0v) is 6.26. The van der Waals surface area contributed by atoms with Crippen molar-refractivity contribution in [3.8, 4) is 0 Å². The number of fused-ring (bicyclic) bond motifs is 1. The fourth-order valence-electron chi connectivity index (χ4n) is 1.43. The number of hydrogen-bond acceptors (Lipinski definition) is 0.